The fraction of sp³-hybridized carbons (Fsp3) is 1.00. The second-order valence-electron chi connectivity index (χ2n) is 5.47. The Labute approximate surface area is 91.5 Å². The molecule has 0 bridgehead atoms. The summed E-state index contributed by atoms with van der Waals surface area (Å²) >= 11 is 0. The molecule has 1 heterocycles. The minimum Gasteiger partial charge on any atom is -0.324 e. The van der Waals surface area contributed by atoms with Gasteiger partial charge in [-0.25, -0.2) is 8.42 Å². The van der Waals surface area contributed by atoms with Crippen LogP contribution in [-0.2, 0) is 9.84 Å². The molecule has 5 heteroatoms. The minimum atomic E-state index is -2.81. The third-order valence-corrected chi connectivity index (χ3v) is 5.62. The van der Waals surface area contributed by atoms with Crippen molar-refractivity contribution >= 4 is 9.84 Å². The highest BCUT2D eigenvalue weighted by Crippen LogP contribution is 2.30. The number of hydrogen-bond donors (Lipinski definition) is 2. The summed E-state index contributed by atoms with van der Waals surface area (Å²) in [4.78, 5) is 0. The molecular formula is C10H20N2O2S. The average Bonchev–Trinajstić information content (AvgIpc) is 2.35. The summed E-state index contributed by atoms with van der Waals surface area (Å²) < 4.78 is 22.8. The van der Waals surface area contributed by atoms with Gasteiger partial charge in [-0.05, 0) is 32.6 Å². The van der Waals surface area contributed by atoms with Crippen molar-refractivity contribution in [3.63, 3.8) is 0 Å². The van der Waals surface area contributed by atoms with E-state index in [0.29, 0.717) is 12.2 Å². The van der Waals surface area contributed by atoms with Crippen molar-refractivity contribution in [1.82, 2.24) is 5.32 Å². The molecule has 88 valence electrons. The fourth-order valence-electron chi connectivity index (χ4n) is 2.35. The largest absolute Gasteiger partial charge is 0.324 e. The van der Waals surface area contributed by atoms with Gasteiger partial charge < -0.3 is 11.1 Å². The molecule has 0 radical (unpaired) electrons. The molecule has 0 aromatic heterocycles. The van der Waals surface area contributed by atoms with Crippen molar-refractivity contribution in [2.24, 2.45) is 5.73 Å². The lowest BCUT2D eigenvalue weighted by Crippen LogP contribution is -2.58. The number of sulfone groups is 1. The summed E-state index contributed by atoms with van der Waals surface area (Å²) in [7, 11) is -2.81. The van der Waals surface area contributed by atoms with Gasteiger partial charge in [-0.1, -0.05) is 0 Å². The quantitative estimate of drug-likeness (QED) is 0.720. The van der Waals surface area contributed by atoms with Gasteiger partial charge in [0, 0.05) is 17.6 Å². The first kappa shape index (κ1) is 11.4. The van der Waals surface area contributed by atoms with Crippen LogP contribution in [0.25, 0.3) is 0 Å². The molecule has 1 atom stereocenters. The zero-order chi connectivity index (χ0) is 11.2. The van der Waals surface area contributed by atoms with Gasteiger partial charge in [0.05, 0.1) is 11.5 Å². The predicted molar refractivity (Wildman–Crippen MR) is 60.4 cm³/mol. The molecule has 0 amide bonds. The maximum atomic E-state index is 11.4. The zero-order valence-electron chi connectivity index (χ0n) is 9.25. The monoisotopic (exact) mass is 232 g/mol. The highest BCUT2D eigenvalue weighted by molar-refractivity contribution is 7.91. The molecule has 0 spiro atoms. The van der Waals surface area contributed by atoms with Crippen LogP contribution in [0.15, 0.2) is 0 Å². The van der Waals surface area contributed by atoms with Crippen LogP contribution < -0.4 is 11.1 Å². The topological polar surface area (TPSA) is 72.2 Å². The van der Waals surface area contributed by atoms with E-state index in [-0.39, 0.29) is 16.8 Å². The van der Waals surface area contributed by atoms with Gasteiger partial charge >= 0.3 is 0 Å². The Balaban J connectivity index is 1.89. The standard InChI is InChI=1S/C10H20N2O2S/c1-9(5-6-15(13,14)8-9)12-7-10(11)3-2-4-10/h12H,2-8,11H2,1H3. The average molecular weight is 232 g/mol. The van der Waals surface area contributed by atoms with Crippen LogP contribution in [0.2, 0.25) is 0 Å². The number of nitrogens with one attached hydrogen (secondary N) is 1. The van der Waals surface area contributed by atoms with Gasteiger partial charge in [-0.2, -0.15) is 0 Å². The number of hydrogen-bond acceptors (Lipinski definition) is 4. The molecule has 0 aromatic carbocycles. The van der Waals surface area contributed by atoms with Gasteiger partial charge in [0.2, 0.25) is 0 Å². The second-order valence-corrected chi connectivity index (χ2v) is 7.66. The van der Waals surface area contributed by atoms with Gasteiger partial charge in [-0.3, -0.25) is 0 Å². The molecule has 3 N–H and O–H groups in total. The van der Waals surface area contributed by atoms with E-state index in [2.05, 4.69) is 5.32 Å². The summed E-state index contributed by atoms with van der Waals surface area (Å²) in [6, 6.07) is 0. The first-order chi connectivity index (χ1) is 6.83. The van der Waals surface area contributed by atoms with E-state index in [9.17, 15) is 8.42 Å². The molecule has 15 heavy (non-hydrogen) atoms. The van der Waals surface area contributed by atoms with Crippen molar-refractivity contribution < 1.29 is 8.42 Å². The van der Waals surface area contributed by atoms with Crippen molar-refractivity contribution in [3.05, 3.63) is 0 Å². The van der Waals surface area contributed by atoms with Crippen LogP contribution in [0.5, 0.6) is 0 Å². The van der Waals surface area contributed by atoms with Gasteiger partial charge in [0.1, 0.15) is 0 Å². The van der Waals surface area contributed by atoms with Crippen LogP contribution >= 0.6 is 0 Å². The molecule has 0 aromatic rings. The maximum Gasteiger partial charge on any atom is 0.152 e. The third kappa shape index (κ3) is 2.52. The summed E-state index contributed by atoms with van der Waals surface area (Å²) in [5.74, 6) is 0.574. The smallest absolute Gasteiger partial charge is 0.152 e. The highest BCUT2D eigenvalue weighted by atomic mass is 32.2. The van der Waals surface area contributed by atoms with E-state index in [1.165, 1.54) is 6.42 Å². The lowest BCUT2D eigenvalue weighted by Gasteiger charge is -2.40. The van der Waals surface area contributed by atoms with E-state index in [4.69, 9.17) is 5.73 Å². The second kappa shape index (κ2) is 3.43. The van der Waals surface area contributed by atoms with E-state index < -0.39 is 9.84 Å². The Morgan fingerprint density at radius 1 is 1.33 bits per heavy atom. The molecule has 4 nitrogen and oxygen atoms in total. The third-order valence-electron chi connectivity index (χ3n) is 3.72. The summed E-state index contributed by atoms with van der Waals surface area (Å²) in [6.45, 7) is 2.73. The fourth-order valence-corrected chi connectivity index (χ4v) is 4.47. The number of nitrogens with two attached hydrogens (primary N) is 1. The van der Waals surface area contributed by atoms with Crippen LogP contribution in [0.3, 0.4) is 0 Å². The lowest BCUT2D eigenvalue weighted by molar-refractivity contribution is 0.215. The summed E-state index contributed by atoms with van der Waals surface area (Å²) in [5.41, 5.74) is 5.77. The Bertz CT molecular complexity index is 348. The molecule has 2 rings (SSSR count). The minimum absolute atomic E-state index is 0.0740. The molecule has 2 fully saturated rings. The Hall–Kier alpha value is -0.130. The van der Waals surface area contributed by atoms with E-state index in [1.807, 2.05) is 6.92 Å². The van der Waals surface area contributed by atoms with Crippen LogP contribution in [0.4, 0.5) is 0 Å². The van der Waals surface area contributed by atoms with Crippen molar-refractivity contribution in [3.8, 4) is 0 Å². The summed E-state index contributed by atoms with van der Waals surface area (Å²) in [6.07, 6.45) is 4.03. The molecular weight excluding hydrogens is 212 g/mol. The lowest BCUT2D eigenvalue weighted by atomic mass is 9.77. The Morgan fingerprint density at radius 3 is 2.40 bits per heavy atom. The molecule has 1 saturated heterocycles. The number of rotatable bonds is 3. The van der Waals surface area contributed by atoms with Crippen LogP contribution in [0.1, 0.15) is 32.6 Å². The van der Waals surface area contributed by atoms with E-state index in [0.717, 1.165) is 19.4 Å². The first-order valence-electron chi connectivity index (χ1n) is 5.57. The SMILES string of the molecule is CC1(NCC2(N)CCC2)CCS(=O)(=O)C1. The molecule has 1 saturated carbocycles. The van der Waals surface area contributed by atoms with E-state index >= 15 is 0 Å². The van der Waals surface area contributed by atoms with Crippen molar-refractivity contribution in [2.75, 3.05) is 18.1 Å². The molecule has 1 aliphatic carbocycles. The highest BCUT2D eigenvalue weighted by Gasteiger charge is 2.40. The van der Waals surface area contributed by atoms with Gasteiger partial charge in [-0.15, -0.1) is 0 Å². The summed E-state index contributed by atoms with van der Waals surface area (Å²) in [5, 5.41) is 3.35. The predicted octanol–water partition coefficient (Wildman–Crippen LogP) is 0.0346. The van der Waals surface area contributed by atoms with Crippen LogP contribution in [0, 0.1) is 0 Å². The maximum absolute atomic E-state index is 11.4. The first-order valence-corrected chi connectivity index (χ1v) is 7.39. The Kier molecular flexibility index (Phi) is 2.60. The Morgan fingerprint density at radius 2 is 2.00 bits per heavy atom. The van der Waals surface area contributed by atoms with Crippen molar-refractivity contribution in [1.29, 1.82) is 0 Å². The van der Waals surface area contributed by atoms with E-state index in [1.54, 1.807) is 0 Å². The molecule has 1 aliphatic heterocycles. The molecule has 2 aliphatic rings. The van der Waals surface area contributed by atoms with Gasteiger partial charge in [0.15, 0.2) is 9.84 Å². The molecule has 1 unspecified atom stereocenters. The zero-order valence-corrected chi connectivity index (χ0v) is 10.1. The van der Waals surface area contributed by atoms with Crippen molar-refractivity contribution in [2.45, 2.75) is 43.7 Å². The van der Waals surface area contributed by atoms with Gasteiger partial charge in [0.25, 0.3) is 0 Å². The van der Waals surface area contributed by atoms with Crippen LogP contribution in [-0.4, -0.2) is 37.5 Å². The normalized spacial score (nSPS) is 37.5.